The highest BCUT2D eigenvalue weighted by Gasteiger charge is 2.14. The van der Waals surface area contributed by atoms with Crippen molar-refractivity contribution in [3.8, 4) is 5.69 Å². The van der Waals surface area contributed by atoms with Crippen LogP contribution in [0.25, 0.3) is 28.7 Å². The molecule has 24 heavy (non-hydrogen) atoms. The van der Waals surface area contributed by atoms with Crippen LogP contribution < -0.4 is 0 Å². The molecule has 1 heterocycles. The van der Waals surface area contributed by atoms with Crippen molar-refractivity contribution in [2.24, 2.45) is 0 Å². The molecule has 0 unspecified atom stereocenters. The summed E-state index contributed by atoms with van der Waals surface area (Å²) in [5.74, 6) is 0. The average molecular weight is 317 g/mol. The Labute approximate surface area is 146 Å². The number of hydrogen-bond acceptors (Lipinski definition) is 0. The van der Waals surface area contributed by atoms with Gasteiger partial charge in [-0.25, -0.2) is 0 Å². The van der Waals surface area contributed by atoms with Crippen molar-refractivity contribution >= 4 is 23.1 Å². The third-order valence-electron chi connectivity index (χ3n) is 3.80. The predicted octanol–water partition coefficient (Wildman–Crippen LogP) is 7.11. The Bertz CT molecular complexity index is 820. The number of allylic oxidation sites excluding steroid dienone is 2. The van der Waals surface area contributed by atoms with Crippen LogP contribution in [-0.4, -0.2) is 4.57 Å². The van der Waals surface area contributed by atoms with E-state index < -0.39 is 0 Å². The van der Waals surface area contributed by atoms with Gasteiger partial charge in [0, 0.05) is 16.6 Å². The molecule has 4 rings (SSSR count). The lowest BCUT2D eigenvalue weighted by Gasteiger charge is -2.08. The fraction of sp³-hybridized carbons (Fsp3) is 0.217. The lowest BCUT2D eigenvalue weighted by molar-refractivity contribution is 1.10. The van der Waals surface area contributed by atoms with E-state index in [9.17, 15) is 0 Å². The number of fused-ring (bicyclic) bond motifs is 3. The molecule has 0 saturated carbocycles. The minimum absolute atomic E-state index is 0.998. The van der Waals surface area contributed by atoms with Gasteiger partial charge in [-0.05, 0) is 30.7 Å². The van der Waals surface area contributed by atoms with Crippen LogP contribution in [0.3, 0.4) is 0 Å². The van der Waals surface area contributed by atoms with E-state index in [2.05, 4.69) is 83.5 Å². The summed E-state index contributed by atoms with van der Waals surface area (Å²) in [7, 11) is 0. The van der Waals surface area contributed by atoms with E-state index >= 15 is 0 Å². The second-order valence-electron chi connectivity index (χ2n) is 5.03. The van der Waals surface area contributed by atoms with Gasteiger partial charge in [-0.1, -0.05) is 82.3 Å². The molecular formula is C23H27N. The maximum absolute atomic E-state index is 2.34. The van der Waals surface area contributed by atoms with Gasteiger partial charge >= 0.3 is 0 Å². The molecule has 1 nitrogen and oxygen atoms in total. The molecule has 0 atom stereocenters. The van der Waals surface area contributed by atoms with E-state index in [1.807, 2.05) is 27.7 Å². The predicted molar refractivity (Wildman–Crippen MR) is 109 cm³/mol. The Hall–Kier alpha value is -2.54. The summed E-state index contributed by atoms with van der Waals surface area (Å²) >= 11 is 0. The zero-order chi connectivity index (χ0) is 17.4. The SMILES string of the molecule is C1=Cc2c(n(-c3ccccc3)c3ccccc23)C=CC1.CC.CC. The first-order chi connectivity index (χ1) is 11.9. The van der Waals surface area contributed by atoms with Gasteiger partial charge in [0.05, 0.1) is 11.2 Å². The summed E-state index contributed by atoms with van der Waals surface area (Å²) < 4.78 is 2.34. The minimum Gasteiger partial charge on any atom is -0.309 e. The molecule has 0 aliphatic heterocycles. The Morgan fingerprint density at radius 2 is 1.33 bits per heavy atom. The van der Waals surface area contributed by atoms with Crippen LogP contribution in [0.1, 0.15) is 45.4 Å². The van der Waals surface area contributed by atoms with Gasteiger partial charge in [-0.2, -0.15) is 0 Å². The summed E-state index contributed by atoms with van der Waals surface area (Å²) in [6.07, 6.45) is 9.93. The lowest BCUT2D eigenvalue weighted by Crippen LogP contribution is -1.96. The molecule has 0 saturated heterocycles. The van der Waals surface area contributed by atoms with Crippen molar-refractivity contribution in [2.45, 2.75) is 34.1 Å². The van der Waals surface area contributed by atoms with E-state index in [4.69, 9.17) is 0 Å². The number of nitrogens with zero attached hydrogens (tertiary/aromatic N) is 1. The standard InChI is InChI=1S/C19H15N.2C2H6/c1-3-9-15(10-4-1)20-18-13-6-2-5-11-16(18)17-12-7-8-14-19(17)20;2*1-2/h1,3-14H,2H2;2*1-2H3. The van der Waals surface area contributed by atoms with Crippen LogP contribution in [0.2, 0.25) is 0 Å². The first kappa shape index (κ1) is 17.8. The molecule has 3 aromatic rings. The van der Waals surface area contributed by atoms with Crippen LogP contribution in [0, 0.1) is 0 Å². The van der Waals surface area contributed by atoms with Crippen molar-refractivity contribution in [2.75, 3.05) is 0 Å². The van der Waals surface area contributed by atoms with Crippen LogP contribution in [0.15, 0.2) is 66.7 Å². The average Bonchev–Trinajstić information content (AvgIpc) is 2.82. The van der Waals surface area contributed by atoms with Gasteiger partial charge in [0.2, 0.25) is 0 Å². The lowest BCUT2D eigenvalue weighted by atomic mass is 10.1. The molecular weight excluding hydrogens is 290 g/mol. The van der Waals surface area contributed by atoms with E-state index in [1.54, 1.807) is 0 Å². The fourth-order valence-corrected chi connectivity index (χ4v) is 2.92. The maximum atomic E-state index is 2.34. The molecule has 2 aromatic carbocycles. The van der Waals surface area contributed by atoms with Gasteiger partial charge in [0.25, 0.3) is 0 Å². The quantitative estimate of drug-likeness (QED) is 0.450. The number of para-hydroxylation sites is 2. The Kier molecular flexibility index (Phi) is 6.62. The number of aromatic nitrogens is 1. The highest BCUT2D eigenvalue weighted by molar-refractivity contribution is 5.95. The Balaban J connectivity index is 0.000000487. The summed E-state index contributed by atoms with van der Waals surface area (Å²) in [5, 5.41) is 1.31. The number of hydrogen-bond donors (Lipinski definition) is 0. The molecule has 1 heteroatoms. The molecule has 124 valence electrons. The third-order valence-corrected chi connectivity index (χ3v) is 3.80. The Morgan fingerprint density at radius 3 is 2.08 bits per heavy atom. The number of rotatable bonds is 1. The third kappa shape index (κ3) is 3.35. The van der Waals surface area contributed by atoms with E-state index in [-0.39, 0.29) is 0 Å². The van der Waals surface area contributed by atoms with Crippen LogP contribution >= 0.6 is 0 Å². The van der Waals surface area contributed by atoms with Crippen molar-refractivity contribution < 1.29 is 0 Å². The normalized spacial score (nSPS) is 11.7. The largest absolute Gasteiger partial charge is 0.309 e. The topological polar surface area (TPSA) is 4.93 Å². The van der Waals surface area contributed by atoms with Crippen molar-refractivity contribution in [1.29, 1.82) is 0 Å². The molecule has 1 aromatic heterocycles. The monoisotopic (exact) mass is 317 g/mol. The van der Waals surface area contributed by atoms with Crippen molar-refractivity contribution in [3.05, 3.63) is 78.0 Å². The molecule has 1 aliphatic rings. The molecule has 0 fully saturated rings. The van der Waals surface area contributed by atoms with Crippen molar-refractivity contribution in [1.82, 2.24) is 4.57 Å². The minimum atomic E-state index is 0.998. The summed E-state index contributed by atoms with van der Waals surface area (Å²) in [5.41, 5.74) is 5.06. The van der Waals surface area contributed by atoms with E-state index in [1.165, 1.54) is 27.8 Å². The first-order valence-electron chi connectivity index (χ1n) is 8.97. The van der Waals surface area contributed by atoms with Crippen LogP contribution in [-0.2, 0) is 0 Å². The molecule has 0 amide bonds. The number of benzene rings is 2. The summed E-state index contributed by atoms with van der Waals surface area (Å²) in [4.78, 5) is 0. The van der Waals surface area contributed by atoms with E-state index in [0.29, 0.717) is 0 Å². The van der Waals surface area contributed by atoms with Gasteiger partial charge in [-0.15, -0.1) is 0 Å². The van der Waals surface area contributed by atoms with Crippen LogP contribution in [0.4, 0.5) is 0 Å². The summed E-state index contributed by atoms with van der Waals surface area (Å²) in [6.45, 7) is 8.00. The first-order valence-corrected chi connectivity index (χ1v) is 8.97. The fourth-order valence-electron chi connectivity index (χ4n) is 2.92. The second-order valence-corrected chi connectivity index (χ2v) is 5.03. The van der Waals surface area contributed by atoms with Gasteiger partial charge < -0.3 is 4.57 Å². The van der Waals surface area contributed by atoms with Gasteiger partial charge in [0.1, 0.15) is 0 Å². The van der Waals surface area contributed by atoms with Gasteiger partial charge in [0.15, 0.2) is 0 Å². The maximum Gasteiger partial charge on any atom is 0.0541 e. The zero-order valence-corrected chi connectivity index (χ0v) is 15.2. The Morgan fingerprint density at radius 1 is 0.708 bits per heavy atom. The van der Waals surface area contributed by atoms with Crippen LogP contribution in [0.5, 0.6) is 0 Å². The molecule has 1 aliphatic carbocycles. The van der Waals surface area contributed by atoms with E-state index in [0.717, 1.165) is 6.42 Å². The van der Waals surface area contributed by atoms with Crippen molar-refractivity contribution in [3.63, 3.8) is 0 Å². The smallest absolute Gasteiger partial charge is 0.0541 e. The second kappa shape index (κ2) is 8.93. The zero-order valence-electron chi connectivity index (χ0n) is 15.2. The van der Waals surface area contributed by atoms with Gasteiger partial charge in [-0.3, -0.25) is 0 Å². The highest BCUT2D eigenvalue weighted by atomic mass is 15.0. The molecule has 0 radical (unpaired) electrons. The summed E-state index contributed by atoms with van der Waals surface area (Å²) in [6, 6.07) is 19.2. The molecule has 0 bridgehead atoms. The molecule has 0 N–H and O–H groups in total. The molecule has 0 spiro atoms. The highest BCUT2D eigenvalue weighted by Crippen LogP contribution is 2.32.